The number of hydrogen-bond acceptors (Lipinski definition) is 6. The van der Waals surface area contributed by atoms with Crippen LogP contribution < -0.4 is 11.3 Å². The van der Waals surface area contributed by atoms with Gasteiger partial charge >= 0.3 is 0 Å². The van der Waals surface area contributed by atoms with E-state index >= 15 is 0 Å². The van der Waals surface area contributed by atoms with Gasteiger partial charge in [0.1, 0.15) is 5.52 Å². The Kier molecular flexibility index (Phi) is 3.58. The van der Waals surface area contributed by atoms with Crippen LogP contribution in [0.3, 0.4) is 0 Å². The Hall–Kier alpha value is -3.81. The van der Waals surface area contributed by atoms with Gasteiger partial charge in [-0.1, -0.05) is 24.3 Å². The van der Waals surface area contributed by atoms with Gasteiger partial charge in [0.05, 0.1) is 11.7 Å². The Morgan fingerprint density at radius 1 is 1.15 bits per heavy atom. The fourth-order valence-corrected chi connectivity index (χ4v) is 2.76. The zero-order chi connectivity index (χ0) is 18.3. The fraction of sp³-hybridized carbons (Fsp3) is 0.0556. The number of aromatic amines is 1. The Bertz CT molecular complexity index is 1190. The van der Waals surface area contributed by atoms with Crippen LogP contribution in [0.2, 0.25) is 0 Å². The van der Waals surface area contributed by atoms with E-state index in [4.69, 9.17) is 5.73 Å². The minimum absolute atomic E-state index is 0.00327. The van der Waals surface area contributed by atoms with E-state index in [-0.39, 0.29) is 11.3 Å². The maximum Gasteiger partial charge on any atom is 0.258 e. The summed E-state index contributed by atoms with van der Waals surface area (Å²) in [6.45, 7) is 1.52. The predicted octanol–water partition coefficient (Wildman–Crippen LogP) is 1.96. The van der Waals surface area contributed by atoms with Crippen molar-refractivity contribution in [3.8, 4) is 16.9 Å². The maximum absolute atomic E-state index is 11.9. The number of ketones is 1. The molecule has 0 unspecified atom stereocenters. The fourth-order valence-electron chi connectivity index (χ4n) is 2.76. The summed E-state index contributed by atoms with van der Waals surface area (Å²) in [6.07, 6.45) is 4.57. The molecule has 0 radical (unpaired) electrons. The van der Waals surface area contributed by atoms with Gasteiger partial charge in [-0.05, 0) is 18.6 Å². The van der Waals surface area contributed by atoms with Crippen LogP contribution in [0.25, 0.3) is 27.8 Å². The largest absolute Gasteiger partial charge is 0.382 e. The predicted molar refractivity (Wildman–Crippen MR) is 97.1 cm³/mol. The number of pyridine rings is 1. The van der Waals surface area contributed by atoms with E-state index in [1.807, 2.05) is 12.1 Å². The highest BCUT2D eigenvalue weighted by Gasteiger charge is 2.14. The Morgan fingerprint density at radius 2 is 1.92 bits per heavy atom. The minimum Gasteiger partial charge on any atom is -0.382 e. The van der Waals surface area contributed by atoms with Crippen molar-refractivity contribution in [1.29, 1.82) is 0 Å². The van der Waals surface area contributed by atoms with E-state index < -0.39 is 0 Å². The van der Waals surface area contributed by atoms with E-state index in [1.165, 1.54) is 24.1 Å². The van der Waals surface area contributed by atoms with Crippen molar-refractivity contribution >= 4 is 22.5 Å². The highest BCUT2D eigenvalue weighted by Crippen LogP contribution is 2.27. The number of Topliss-reactive ketones (excluding diaryl/α,β-unsaturated/α-hetero) is 1. The third-order valence-electron chi connectivity index (χ3n) is 4.10. The number of carbonyl (C=O) groups excluding carboxylic acids is 1. The van der Waals surface area contributed by atoms with Crippen molar-refractivity contribution in [2.24, 2.45) is 0 Å². The van der Waals surface area contributed by atoms with Gasteiger partial charge in [0.25, 0.3) is 5.56 Å². The topological polar surface area (TPSA) is 120 Å². The van der Waals surface area contributed by atoms with Crippen molar-refractivity contribution < 1.29 is 4.79 Å². The van der Waals surface area contributed by atoms with E-state index in [9.17, 15) is 9.59 Å². The monoisotopic (exact) mass is 346 g/mol. The first-order chi connectivity index (χ1) is 12.5. The second kappa shape index (κ2) is 5.92. The number of anilines is 1. The number of fused-ring (bicyclic) bond motifs is 1. The van der Waals surface area contributed by atoms with Crippen LogP contribution in [0, 0.1) is 0 Å². The summed E-state index contributed by atoms with van der Waals surface area (Å²) in [5.41, 5.74) is 8.39. The zero-order valence-corrected chi connectivity index (χ0v) is 13.8. The Balaban J connectivity index is 1.84. The van der Waals surface area contributed by atoms with Gasteiger partial charge in [0, 0.05) is 23.5 Å². The second-order valence-corrected chi connectivity index (χ2v) is 5.77. The summed E-state index contributed by atoms with van der Waals surface area (Å²) in [4.78, 5) is 34.4. The Labute approximate surface area is 147 Å². The van der Waals surface area contributed by atoms with Crippen LogP contribution in [0.1, 0.15) is 17.3 Å². The molecule has 0 aliphatic heterocycles. The normalized spacial score (nSPS) is 11.0. The lowest BCUT2D eigenvalue weighted by atomic mass is 10.0. The third kappa shape index (κ3) is 2.53. The van der Waals surface area contributed by atoms with Crippen molar-refractivity contribution in [1.82, 2.24) is 24.7 Å². The number of hydrogen-bond donors (Lipinski definition) is 2. The molecule has 3 N–H and O–H groups in total. The molecule has 4 rings (SSSR count). The summed E-state index contributed by atoms with van der Waals surface area (Å²) < 4.78 is 1.50. The number of benzene rings is 1. The lowest BCUT2D eigenvalue weighted by Gasteiger charge is -2.03. The second-order valence-electron chi connectivity index (χ2n) is 5.77. The van der Waals surface area contributed by atoms with Crippen molar-refractivity contribution in [2.45, 2.75) is 6.92 Å². The summed E-state index contributed by atoms with van der Waals surface area (Å²) >= 11 is 0. The highest BCUT2D eigenvalue weighted by atomic mass is 16.1. The van der Waals surface area contributed by atoms with Gasteiger partial charge in [0.15, 0.2) is 17.4 Å². The average molecular weight is 346 g/mol. The highest BCUT2D eigenvalue weighted by molar-refractivity contribution is 5.94. The van der Waals surface area contributed by atoms with E-state index in [0.717, 1.165) is 5.56 Å². The number of aromatic nitrogens is 5. The SMILES string of the molecule is CC(=O)c1ccc(-c2cn(-c3nccc4c(=O)[nH]cnc34)nc2N)cc1. The Morgan fingerprint density at radius 3 is 2.65 bits per heavy atom. The van der Waals surface area contributed by atoms with Crippen LogP contribution in [0.15, 0.2) is 53.8 Å². The first-order valence-corrected chi connectivity index (χ1v) is 7.84. The molecule has 0 amide bonds. The van der Waals surface area contributed by atoms with Crippen LogP contribution in [0.5, 0.6) is 0 Å². The molecular formula is C18H14N6O2. The molecule has 3 aromatic heterocycles. The quantitative estimate of drug-likeness (QED) is 0.547. The number of nitrogens with one attached hydrogen (secondary N) is 1. The van der Waals surface area contributed by atoms with Gasteiger partial charge < -0.3 is 10.7 Å². The van der Waals surface area contributed by atoms with Crippen LogP contribution in [0.4, 0.5) is 5.82 Å². The summed E-state index contributed by atoms with van der Waals surface area (Å²) in [7, 11) is 0. The molecule has 0 saturated heterocycles. The van der Waals surface area contributed by atoms with E-state index in [0.29, 0.717) is 33.7 Å². The van der Waals surface area contributed by atoms with Crippen molar-refractivity contribution in [3.63, 3.8) is 0 Å². The molecule has 128 valence electrons. The number of nitrogens with two attached hydrogens (primary N) is 1. The van der Waals surface area contributed by atoms with Gasteiger partial charge in [-0.2, -0.15) is 0 Å². The molecule has 0 saturated carbocycles. The van der Waals surface area contributed by atoms with Gasteiger partial charge in [-0.25, -0.2) is 14.6 Å². The van der Waals surface area contributed by atoms with Gasteiger partial charge in [-0.15, -0.1) is 5.10 Å². The lowest BCUT2D eigenvalue weighted by molar-refractivity contribution is 0.101. The zero-order valence-electron chi connectivity index (χ0n) is 13.8. The molecule has 8 heteroatoms. The first-order valence-electron chi connectivity index (χ1n) is 7.84. The van der Waals surface area contributed by atoms with Crippen LogP contribution in [-0.4, -0.2) is 30.5 Å². The number of H-pyrrole nitrogens is 1. The smallest absolute Gasteiger partial charge is 0.258 e. The standard InChI is InChI=1S/C18H14N6O2/c1-10(25)11-2-4-12(5-3-11)14-8-24(23-16(14)19)17-15-13(6-7-20-17)18(26)22-9-21-15/h2-9H,1H3,(H2,19,23)(H,21,22,26). The van der Waals surface area contributed by atoms with E-state index in [2.05, 4.69) is 20.1 Å². The molecule has 0 aliphatic carbocycles. The molecule has 0 fully saturated rings. The number of rotatable bonds is 3. The summed E-state index contributed by atoms with van der Waals surface area (Å²) in [5.74, 6) is 0.715. The molecule has 8 nitrogen and oxygen atoms in total. The lowest BCUT2D eigenvalue weighted by Crippen LogP contribution is -2.09. The number of nitrogen functional groups attached to an aromatic ring is 1. The molecule has 26 heavy (non-hydrogen) atoms. The van der Waals surface area contributed by atoms with E-state index in [1.54, 1.807) is 24.4 Å². The minimum atomic E-state index is -0.251. The van der Waals surface area contributed by atoms with Crippen LogP contribution in [-0.2, 0) is 0 Å². The maximum atomic E-state index is 11.9. The molecule has 3 heterocycles. The molecule has 0 bridgehead atoms. The number of carbonyl (C=O) groups is 1. The summed E-state index contributed by atoms with van der Waals surface area (Å²) in [6, 6.07) is 8.71. The van der Waals surface area contributed by atoms with Crippen LogP contribution >= 0.6 is 0 Å². The third-order valence-corrected chi connectivity index (χ3v) is 4.10. The number of nitrogens with zero attached hydrogens (tertiary/aromatic N) is 4. The molecule has 4 aromatic rings. The average Bonchev–Trinajstić information content (AvgIpc) is 3.03. The molecule has 1 aromatic carbocycles. The summed E-state index contributed by atoms with van der Waals surface area (Å²) in [5, 5.41) is 4.72. The molecular weight excluding hydrogens is 332 g/mol. The molecule has 0 aliphatic rings. The first kappa shape index (κ1) is 15.7. The van der Waals surface area contributed by atoms with Gasteiger partial charge in [-0.3, -0.25) is 9.59 Å². The van der Waals surface area contributed by atoms with Crippen molar-refractivity contribution in [3.05, 3.63) is 65.0 Å². The van der Waals surface area contributed by atoms with Crippen molar-refractivity contribution in [2.75, 3.05) is 5.73 Å². The molecule has 0 spiro atoms. The van der Waals surface area contributed by atoms with Gasteiger partial charge in [0.2, 0.25) is 0 Å². The molecule has 0 atom stereocenters.